The van der Waals surface area contributed by atoms with E-state index in [-0.39, 0.29) is 5.91 Å². The molecule has 132 valence electrons. The predicted molar refractivity (Wildman–Crippen MR) is 99.0 cm³/mol. The second-order valence-electron chi connectivity index (χ2n) is 6.75. The van der Waals surface area contributed by atoms with Gasteiger partial charge in [-0.05, 0) is 17.3 Å². The van der Waals surface area contributed by atoms with Gasteiger partial charge in [0.1, 0.15) is 6.54 Å². The lowest BCUT2D eigenvalue weighted by molar-refractivity contribution is -0.902. The largest absolute Gasteiger partial charge is 0.349 e. The summed E-state index contributed by atoms with van der Waals surface area (Å²) >= 11 is 0. The molecule has 1 aliphatic rings. The number of nitrogens with one attached hydrogen (secondary N) is 1. The minimum atomic E-state index is -0.124. The van der Waals surface area contributed by atoms with Crippen molar-refractivity contribution in [3.63, 3.8) is 0 Å². The van der Waals surface area contributed by atoms with Crippen molar-refractivity contribution in [2.75, 3.05) is 34.2 Å². The highest BCUT2D eigenvalue weighted by Gasteiger charge is 2.17. The van der Waals surface area contributed by atoms with Crippen molar-refractivity contribution in [1.82, 2.24) is 10.2 Å². The molecule has 6 nitrogen and oxygen atoms in total. The van der Waals surface area contributed by atoms with Crippen LogP contribution in [0.3, 0.4) is 0 Å². The molecular weight excluding hydrogens is 316 g/mol. The topological polar surface area (TPSA) is 61.8 Å². The third kappa shape index (κ3) is 5.69. The van der Waals surface area contributed by atoms with Gasteiger partial charge in [-0.25, -0.2) is 0 Å². The van der Waals surface area contributed by atoms with Crippen molar-refractivity contribution in [3.05, 3.63) is 76.6 Å². The number of likely N-dealkylation sites (N-methyl/N-ethyl adjacent to an activating group) is 2. The zero-order valence-corrected chi connectivity index (χ0v) is 15.0. The van der Waals surface area contributed by atoms with Gasteiger partial charge in [-0.3, -0.25) is 4.79 Å². The van der Waals surface area contributed by atoms with Gasteiger partial charge in [-0.2, -0.15) is 0 Å². The standard InChI is InChI=1S/C19H24N4O2/c1-22-14-17(9-10-18(22)13-21-25)19(24)20-11-12-23(2,3)15-16-7-5-4-6-8-16/h4-10,13-14H,11-12,15H2,1-3H3/p+1. The van der Waals surface area contributed by atoms with Gasteiger partial charge in [-0.15, -0.1) is 4.91 Å². The van der Waals surface area contributed by atoms with Gasteiger partial charge >= 0.3 is 0 Å². The maximum Gasteiger partial charge on any atom is 0.252 e. The highest BCUT2D eigenvalue weighted by Crippen LogP contribution is 2.15. The number of hydrogen-bond donors (Lipinski definition) is 1. The quantitative estimate of drug-likeness (QED) is 0.612. The van der Waals surface area contributed by atoms with Crippen LogP contribution in [0.5, 0.6) is 0 Å². The van der Waals surface area contributed by atoms with Crippen LogP contribution in [0.2, 0.25) is 0 Å². The average Bonchev–Trinajstić information content (AvgIpc) is 2.57. The Morgan fingerprint density at radius 1 is 1.24 bits per heavy atom. The molecule has 0 fully saturated rings. The van der Waals surface area contributed by atoms with Crippen LogP contribution in [0, 0.1) is 4.91 Å². The van der Waals surface area contributed by atoms with Crippen molar-refractivity contribution in [1.29, 1.82) is 0 Å². The molecule has 2 rings (SSSR count). The fourth-order valence-corrected chi connectivity index (χ4v) is 2.67. The Labute approximate surface area is 148 Å². The number of carbonyl (C=O) groups is 1. The van der Waals surface area contributed by atoms with Crippen LogP contribution in [-0.2, 0) is 11.3 Å². The van der Waals surface area contributed by atoms with Crippen LogP contribution >= 0.6 is 0 Å². The first-order chi connectivity index (χ1) is 11.9. The normalized spacial score (nSPS) is 15.9. The molecule has 0 spiro atoms. The summed E-state index contributed by atoms with van der Waals surface area (Å²) in [4.78, 5) is 24.3. The Kier molecular flexibility index (Phi) is 6.25. The number of nitrogens with zero attached hydrogens (tertiary/aromatic N) is 3. The smallest absolute Gasteiger partial charge is 0.252 e. The van der Waals surface area contributed by atoms with E-state index in [0.29, 0.717) is 17.8 Å². The third-order valence-electron chi connectivity index (χ3n) is 4.08. The summed E-state index contributed by atoms with van der Waals surface area (Å²) in [6.45, 7) is 2.33. The maximum atomic E-state index is 12.3. The Morgan fingerprint density at radius 2 is 1.96 bits per heavy atom. The Hall–Kier alpha value is -2.73. The Bertz CT molecular complexity index is 705. The van der Waals surface area contributed by atoms with Crippen LogP contribution in [0.25, 0.3) is 0 Å². The molecule has 0 unspecified atom stereocenters. The first kappa shape index (κ1) is 18.6. The molecule has 1 N–H and O–H groups in total. The summed E-state index contributed by atoms with van der Waals surface area (Å²) in [5, 5.41) is 5.71. The number of quaternary nitrogens is 1. The molecule has 0 bridgehead atoms. The fourth-order valence-electron chi connectivity index (χ4n) is 2.67. The van der Waals surface area contributed by atoms with E-state index in [1.165, 1.54) is 11.8 Å². The SMILES string of the molecule is CN1C=C(C(=O)NCC[N+](C)(C)Cc2ccccc2)C=CC1=CN=O. The molecular formula is C19H25N4O2+. The van der Waals surface area contributed by atoms with Crippen LogP contribution in [0.15, 0.2) is 71.3 Å². The van der Waals surface area contributed by atoms with E-state index in [1.807, 2.05) is 18.2 Å². The molecule has 0 radical (unpaired) electrons. The van der Waals surface area contributed by atoms with E-state index in [4.69, 9.17) is 0 Å². The highest BCUT2D eigenvalue weighted by atomic mass is 16.2. The molecule has 0 aromatic heterocycles. The summed E-state index contributed by atoms with van der Waals surface area (Å²) in [6, 6.07) is 10.3. The number of nitroso groups, excluding NO2 is 1. The van der Waals surface area contributed by atoms with Gasteiger partial charge in [0, 0.05) is 18.8 Å². The summed E-state index contributed by atoms with van der Waals surface area (Å²) in [7, 11) is 6.07. The highest BCUT2D eigenvalue weighted by molar-refractivity contribution is 5.96. The van der Waals surface area contributed by atoms with E-state index >= 15 is 0 Å². The minimum absolute atomic E-state index is 0.124. The van der Waals surface area contributed by atoms with Crippen molar-refractivity contribution < 1.29 is 9.28 Å². The average molecular weight is 341 g/mol. The zero-order valence-electron chi connectivity index (χ0n) is 15.0. The molecule has 1 heterocycles. The van der Waals surface area contributed by atoms with E-state index < -0.39 is 0 Å². The Balaban J connectivity index is 1.84. The van der Waals surface area contributed by atoms with Gasteiger partial charge in [0.05, 0.1) is 44.7 Å². The lowest BCUT2D eigenvalue weighted by Crippen LogP contribution is -2.44. The number of hydrogen-bond acceptors (Lipinski definition) is 4. The molecule has 1 aromatic carbocycles. The fraction of sp³-hybridized carbons (Fsp3) is 0.316. The van der Waals surface area contributed by atoms with E-state index in [9.17, 15) is 9.70 Å². The van der Waals surface area contributed by atoms with E-state index in [2.05, 4.69) is 36.7 Å². The first-order valence-corrected chi connectivity index (χ1v) is 8.21. The molecule has 0 saturated heterocycles. The molecule has 0 atom stereocenters. The van der Waals surface area contributed by atoms with Gasteiger partial charge in [0.15, 0.2) is 0 Å². The zero-order chi connectivity index (χ0) is 18.3. The molecule has 1 amide bonds. The number of carbonyl (C=O) groups excluding carboxylic acids is 1. The number of amides is 1. The van der Waals surface area contributed by atoms with Crippen molar-refractivity contribution in [2.24, 2.45) is 5.18 Å². The predicted octanol–water partition coefficient (Wildman–Crippen LogP) is 2.37. The number of rotatable bonds is 7. The summed E-state index contributed by atoms with van der Waals surface area (Å²) in [5.74, 6) is -0.124. The summed E-state index contributed by atoms with van der Waals surface area (Å²) < 4.78 is 0.789. The minimum Gasteiger partial charge on any atom is -0.349 e. The van der Waals surface area contributed by atoms with Crippen LogP contribution < -0.4 is 5.32 Å². The van der Waals surface area contributed by atoms with E-state index in [0.717, 1.165) is 17.6 Å². The van der Waals surface area contributed by atoms with Gasteiger partial charge < -0.3 is 14.7 Å². The van der Waals surface area contributed by atoms with Gasteiger partial charge in [0.25, 0.3) is 5.91 Å². The summed E-state index contributed by atoms with van der Waals surface area (Å²) in [5.41, 5.74) is 2.48. The van der Waals surface area contributed by atoms with Gasteiger partial charge in [-0.1, -0.05) is 30.3 Å². The van der Waals surface area contributed by atoms with Crippen molar-refractivity contribution in [3.8, 4) is 0 Å². The molecule has 1 aromatic rings. The summed E-state index contributed by atoms with van der Waals surface area (Å²) in [6.07, 6.45) is 6.30. The monoisotopic (exact) mass is 341 g/mol. The lowest BCUT2D eigenvalue weighted by Gasteiger charge is -2.30. The molecule has 6 heteroatoms. The second-order valence-corrected chi connectivity index (χ2v) is 6.75. The first-order valence-electron chi connectivity index (χ1n) is 8.21. The third-order valence-corrected chi connectivity index (χ3v) is 4.08. The van der Waals surface area contributed by atoms with Crippen molar-refractivity contribution >= 4 is 5.91 Å². The second kappa shape index (κ2) is 8.39. The molecule has 1 aliphatic heterocycles. The molecule has 25 heavy (non-hydrogen) atoms. The number of benzene rings is 1. The molecule has 0 saturated carbocycles. The Morgan fingerprint density at radius 3 is 2.60 bits per heavy atom. The van der Waals surface area contributed by atoms with Crippen LogP contribution in [-0.4, -0.2) is 49.5 Å². The van der Waals surface area contributed by atoms with Crippen molar-refractivity contribution in [2.45, 2.75) is 6.54 Å². The van der Waals surface area contributed by atoms with Gasteiger partial charge in [0.2, 0.25) is 0 Å². The maximum absolute atomic E-state index is 12.3. The van der Waals surface area contributed by atoms with Crippen LogP contribution in [0.1, 0.15) is 5.56 Å². The molecule has 0 aliphatic carbocycles. The van der Waals surface area contributed by atoms with Crippen LogP contribution in [0.4, 0.5) is 0 Å². The number of allylic oxidation sites excluding steroid dienone is 1. The van der Waals surface area contributed by atoms with E-state index in [1.54, 1.807) is 30.3 Å². The lowest BCUT2D eigenvalue weighted by atomic mass is 10.1.